The number of aryl methyl sites for hydroxylation is 1. The molecule has 4 N–H and O–H groups in total. The molecule has 4 rings (SSSR count). The fourth-order valence-corrected chi connectivity index (χ4v) is 13.4. The molecule has 0 spiro atoms. The number of nitrogens with one attached hydrogen (secondary N) is 4. The van der Waals surface area contributed by atoms with Crippen LogP contribution in [0.4, 0.5) is 0 Å². The Morgan fingerprint density at radius 1 is 0.505 bits per heavy atom. The van der Waals surface area contributed by atoms with Crippen molar-refractivity contribution in [2.45, 2.75) is 247 Å². The van der Waals surface area contributed by atoms with E-state index >= 15 is 28.8 Å². The van der Waals surface area contributed by atoms with Crippen LogP contribution in [0.1, 0.15) is 168 Å². The Hall–Kier alpha value is -6.77. The number of hydrogen-bond donors (Lipinski definition) is 4. The summed E-state index contributed by atoms with van der Waals surface area (Å²) in [7, 11) is 8.70. The number of amides is 11. The van der Waals surface area contributed by atoms with Gasteiger partial charge in [0, 0.05) is 62.0 Å². The molecule has 26 nitrogen and oxygen atoms in total. The quantitative estimate of drug-likeness (QED) is 0.123. The van der Waals surface area contributed by atoms with Crippen molar-refractivity contribution in [1.29, 1.82) is 0 Å². The lowest BCUT2D eigenvalue weighted by molar-refractivity contribution is -0.322. The number of hydrogen-bond acceptors (Lipinski definition) is 15. The molecule has 0 bridgehead atoms. The SMILES string of the molecule is CC[C@@H]1NC(=O)[C@@H]2[C@@H]([C@H](C)CCCc3ccccc3)ON2C(=O)[C@H](C(C)C)N(C)C(=O)[C@H](CC(C)C)N(C)C(=O)[C@H](CC(C)C)N(C)C(=O)[C@@H](C)NC(=O)[C@H](C)NC(=O)[C@H](CC(C)C)N(C)C(=O)[C@H](C(C)C)NC(=O)[C@H]([C@@H](C)OCCCCN2CCOCC2)N(C)C(=O)[C@@H](C)N(C)C1=O. The Morgan fingerprint density at radius 3 is 1.58 bits per heavy atom. The summed E-state index contributed by atoms with van der Waals surface area (Å²) in [5.74, 6) is -9.25. The molecule has 3 aliphatic rings. The van der Waals surface area contributed by atoms with Crippen LogP contribution in [-0.2, 0) is 73.5 Å². The van der Waals surface area contributed by atoms with E-state index in [0.29, 0.717) is 26.1 Å². The van der Waals surface area contributed by atoms with Crippen LogP contribution in [0.2, 0.25) is 0 Å². The van der Waals surface area contributed by atoms with E-state index < -0.39 is 155 Å². The minimum absolute atomic E-state index is 0.0506. The predicted octanol–water partition coefficient (Wildman–Crippen LogP) is 4.51. The number of hydroxylamine groups is 2. The largest absolute Gasteiger partial charge is 0.379 e. The summed E-state index contributed by atoms with van der Waals surface area (Å²) in [4.78, 5) is 180. The second kappa shape index (κ2) is 39.4. The number of nitrogens with zero attached hydrogens (tertiary/aromatic N) is 8. The van der Waals surface area contributed by atoms with Crippen molar-refractivity contribution in [3.05, 3.63) is 35.9 Å². The maximum atomic E-state index is 15.4. The zero-order valence-corrected chi connectivity index (χ0v) is 63.8. The van der Waals surface area contributed by atoms with Gasteiger partial charge in [0.25, 0.3) is 5.91 Å². The molecule has 3 saturated heterocycles. The molecule has 3 fully saturated rings. The minimum atomic E-state index is -1.38. The van der Waals surface area contributed by atoms with E-state index in [1.807, 2.05) is 78.8 Å². The number of ether oxygens (including phenoxy) is 2. The highest BCUT2D eigenvalue weighted by atomic mass is 16.7. The number of carbonyl (C=O) groups is 11. The van der Waals surface area contributed by atoms with E-state index in [2.05, 4.69) is 26.2 Å². The van der Waals surface area contributed by atoms with Crippen molar-refractivity contribution in [2.75, 3.05) is 81.7 Å². The molecule has 26 heteroatoms. The third kappa shape index (κ3) is 23.1. The molecular weight excluding hydrogens is 1270 g/mol. The van der Waals surface area contributed by atoms with Crippen LogP contribution in [-0.4, -0.2) is 265 Å². The Morgan fingerprint density at radius 2 is 1.03 bits per heavy atom. The summed E-state index contributed by atoms with van der Waals surface area (Å²) < 4.78 is 11.9. The lowest BCUT2D eigenvalue weighted by atomic mass is 9.88. The maximum absolute atomic E-state index is 15.4. The van der Waals surface area contributed by atoms with Crippen LogP contribution < -0.4 is 21.3 Å². The predicted molar refractivity (Wildman–Crippen MR) is 378 cm³/mol. The summed E-state index contributed by atoms with van der Waals surface area (Å²) in [6.45, 7) is 31.9. The second-order valence-corrected chi connectivity index (χ2v) is 29.9. The molecule has 0 saturated carbocycles. The zero-order chi connectivity index (χ0) is 74.6. The van der Waals surface area contributed by atoms with E-state index in [0.717, 1.165) is 49.5 Å². The van der Waals surface area contributed by atoms with Gasteiger partial charge < -0.3 is 60.1 Å². The Balaban J connectivity index is 1.88. The smallest absolute Gasteiger partial charge is 0.270 e. The number of unbranched alkanes of at least 4 members (excludes halogenated alkanes) is 1. The van der Waals surface area contributed by atoms with Gasteiger partial charge in [-0.3, -0.25) is 62.5 Å². The molecule has 1 aromatic rings. The Kier molecular flexibility index (Phi) is 33.7. The summed E-state index contributed by atoms with van der Waals surface area (Å²) in [6.07, 6.45) is 2.13. The molecule has 560 valence electrons. The number of fused-ring (bicyclic) bond motifs is 1. The average Bonchev–Trinajstić information content (AvgIpc) is 0.754. The van der Waals surface area contributed by atoms with Gasteiger partial charge in [0.05, 0.1) is 19.3 Å². The van der Waals surface area contributed by atoms with Crippen molar-refractivity contribution >= 4 is 65.0 Å². The van der Waals surface area contributed by atoms with Gasteiger partial charge in [0.15, 0.2) is 6.04 Å². The fourth-order valence-electron chi connectivity index (χ4n) is 13.4. The molecule has 0 aromatic heterocycles. The topological polar surface area (TPSA) is 290 Å². The number of morpholine rings is 1. The van der Waals surface area contributed by atoms with E-state index in [1.54, 1.807) is 41.5 Å². The summed E-state index contributed by atoms with van der Waals surface area (Å²) >= 11 is 0. The van der Waals surface area contributed by atoms with E-state index in [-0.39, 0.29) is 56.0 Å². The van der Waals surface area contributed by atoms with Crippen molar-refractivity contribution in [2.24, 2.45) is 35.5 Å². The van der Waals surface area contributed by atoms with Crippen molar-refractivity contribution in [3.8, 4) is 0 Å². The van der Waals surface area contributed by atoms with Crippen molar-refractivity contribution in [3.63, 3.8) is 0 Å². The zero-order valence-electron chi connectivity index (χ0n) is 63.8. The van der Waals surface area contributed by atoms with E-state index in [1.165, 1.54) is 92.5 Å². The van der Waals surface area contributed by atoms with Crippen LogP contribution in [0.25, 0.3) is 0 Å². The van der Waals surface area contributed by atoms with Crippen LogP contribution in [0.3, 0.4) is 0 Å². The van der Waals surface area contributed by atoms with Gasteiger partial charge in [0.2, 0.25) is 59.1 Å². The second-order valence-electron chi connectivity index (χ2n) is 29.9. The van der Waals surface area contributed by atoms with Crippen LogP contribution in [0, 0.1) is 35.5 Å². The fraction of sp³-hybridized carbons (Fsp3) is 0.767. The molecule has 11 amide bonds. The summed E-state index contributed by atoms with van der Waals surface area (Å²) in [5, 5.41) is 12.2. The average molecular weight is 1390 g/mol. The molecule has 14 atom stereocenters. The van der Waals surface area contributed by atoms with Crippen LogP contribution in [0.5, 0.6) is 0 Å². The monoisotopic (exact) mass is 1390 g/mol. The first-order valence-electron chi connectivity index (χ1n) is 36.2. The lowest BCUT2D eigenvalue weighted by Crippen LogP contribution is -2.72. The number of benzene rings is 1. The summed E-state index contributed by atoms with van der Waals surface area (Å²) in [5.41, 5.74) is 1.12. The van der Waals surface area contributed by atoms with Gasteiger partial charge in [-0.1, -0.05) is 113 Å². The molecule has 0 aliphatic carbocycles. The van der Waals surface area contributed by atoms with Gasteiger partial charge in [-0.25, -0.2) is 5.06 Å². The third-order valence-corrected chi connectivity index (χ3v) is 19.7. The molecule has 99 heavy (non-hydrogen) atoms. The standard InChI is InChI=1S/C73H124N12O14/c1-23-54-69(92)78(17)51(15)68(91)83(22)60(52(16)98-37-28-27-34-84-35-38-97-39-36-84)65(88)77-58(46(8)9)72(95)79(18)55(40-43(2)3)64(87)74-49(13)63(86)75-50(14)67(90)80(19)56(41-44(4)5)70(93)81(20)57(42-45(6)7)71(94)82(21)59(47(10)11)73(96)85-61(66(89)76-54)62(99-85)48(12)30-29-33-53-31-25-24-26-32-53/h24-26,31-32,43-52,54-62H,23,27-30,33-42H2,1-22H3,(H,74,87)(H,75,86)(H,76,89)(H,77,88)/t48-,49+,50-,51-,52-,54+,55+,56+,57+,58+,59+,60+,61+,62-/m1/s1. The lowest BCUT2D eigenvalue weighted by Gasteiger charge is -2.50. The number of rotatable bonds is 21. The Bertz CT molecular complexity index is 2860. The van der Waals surface area contributed by atoms with Crippen molar-refractivity contribution < 1.29 is 67.1 Å². The number of likely N-dealkylation sites (N-methyl/N-ethyl adjacent to an activating group) is 6. The number of carbonyl (C=O) groups excluding carboxylic acids is 11. The normalized spacial score (nSPS) is 27.7. The first-order valence-corrected chi connectivity index (χ1v) is 36.2. The molecule has 1 aromatic carbocycles. The van der Waals surface area contributed by atoms with Gasteiger partial charge in [-0.15, -0.1) is 0 Å². The minimum Gasteiger partial charge on any atom is -0.379 e. The van der Waals surface area contributed by atoms with E-state index in [4.69, 9.17) is 14.3 Å². The molecular formula is C73H124N12O14. The van der Waals surface area contributed by atoms with Gasteiger partial charge in [-0.2, -0.15) is 0 Å². The van der Waals surface area contributed by atoms with Crippen LogP contribution >= 0.6 is 0 Å². The van der Waals surface area contributed by atoms with Gasteiger partial charge in [-0.05, 0) is 133 Å². The molecule has 0 unspecified atom stereocenters. The molecule has 3 aliphatic heterocycles. The summed E-state index contributed by atoms with van der Waals surface area (Å²) in [6, 6.07) is -3.67. The molecule has 0 radical (unpaired) electrons. The first kappa shape index (κ1) is 84.6. The highest BCUT2D eigenvalue weighted by Gasteiger charge is 2.55. The first-order chi connectivity index (χ1) is 46.4. The van der Waals surface area contributed by atoms with Crippen molar-refractivity contribution in [1.82, 2.24) is 60.6 Å². The van der Waals surface area contributed by atoms with Gasteiger partial charge >= 0.3 is 0 Å². The maximum Gasteiger partial charge on any atom is 0.270 e. The van der Waals surface area contributed by atoms with E-state index in [9.17, 15) is 24.0 Å². The highest BCUT2D eigenvalue weighted by molar-refractivity contribution is 6.00. The Labute approximate surface area is 590 Å². The molecule has 3 heterocycles. The highest BCUT2D eigenvalue weighted by Crippen LogP contribution is 2.34. The van der Waals surface area contributed by atoms with Crippen LogP contribution in [0.15, 0.2) is 30.3 Å². The third-order valence-electron chi connectivity index (χ3n) is 19.7. The van der Waals surface area contributed by atoms with Gasteiger partial charge in [0.1, 0.15) is 66.5 Å².